The van der Waals surface area contributed by atoms with Gasteiger partial charge in [-0.1, -0.05) is 151 Å². The molecule has 0 aromatic heterocycles. The zero-order valence-corrected chi connectivity index (χ0v) is 33.3. The third kappa shape index (κ3) is 5.72. The first kappa shape index (κ1) is 34.6. The summed E-state index contributed by atoms with van der Waals surface area (Å²) < 4.78 is 0. The molecule has 1 nitrogen and oxygen atoms in total. The molecule has 0 bridgehead atoms. The standard InChI is InChI=1S/C54H55N/c1-53(2)50-33-26-40(44-19-13-20-47-45-18-11-12-21-49(45)54(3,4)52(44)47)34-48(50)46-32-31-43(35-51(46)53)55(41-27-22-38(23-28-41)36-14-7-5-8-15-36)42-29-24-39(25-30-42)37-16-9-6-10-17-37/h11-13,18-37H,5-10,14-17H2,1-4H3. The average Bonchev–Trinajstić information content (AvgIpc) is 3.61. The molecule has 0 radical (unpaired) electrons. The molecule has 0 N–H and O–H groups in total. The van der Waals surface area contributed by atoms with Gasteiger partial charge in [-0.15, -0.1) is 0 Å². The first-order chi connectivity index (χ1) is 26.8. The van der Waals surface area contributed by atoms with E-state index in [-0.39, 0.29) is 10.8 Å². The van der Waals surface area contributed by atoms with Crippen LogP contribution in [-0.4, -0.2) is 0 Å². The molecule has 4 aliphatic rings. The Balaban J connectivity index is 1.05. The second-order valence-electron chi connectivity index (χ2n) is 18.2. The predicted octanol–water partition coefficient (Wildman–Crippen LogP) is 15.5. The largest absolute Gasteiger partial charge is 0.310 e. The minimum Gasteiger partial charge on any atom is -0.310 e. The number of benzene rings is 6. The molecule has 1 heteroatoms. The lowest BCUT2D eigenvalue weighted by atomic mass is 9.78. The number of rotatable bonds is 6. The molecule has 0 aliphatic heterocycles. The molecular formula is C54H55N. The van der Waals surface area contributed by atoms with E-state index in [0.29, 0.717) is 11.8 Å². The molecular weight excluding hydrogens is 663 g/mol. The summed E-state index contributed by atoms with van der Waals surface area (Å²) in [6.45, 7) is 9.63. The molecule has 0 spiro atoms. The van der Waals surface area contributed by atoms with Gasteiger partial charge in [-0.05, 0) is 147 Å². The van der Waals surface area contributed by atoms with Gasteiger partial charge in [-0.25, -0.2) is 0 Å². The average molecular weight is 718 g/mol. The molecule has 0 heterocycles. The molecule has 55 heavy (non-hydrogen) atoms. The number of fused-ring (bicyclic) bond motifs is 6. The van der Waals surface area contributed by atoms with Crippen molar-refractivity contribution in [1.82, 2.24) is 0 Å². The number of hydrogen-bond acceptors (Lipinski definition) is 1. The lowest BCUT2D eigenvalue weighted by molar-refractivity contribution is 0.443. The van der Waals surface area contributed by atoms with Crippen LogP contribution in [0.4, 0.5) is 17.1 Å². The van der Waals surface area contributed by atoms with E-state index < -0.39 is 0 Å². The summed E-state index contributed by atoms with van der Waals surface area (Å²) >= 11 is 0. The lowest BCUT2D eigenvalue weighted by Crippen LogP contribution is -2.17. The highest BCUT2D eigenvalue weighted by atomic mass is 15.1. The minimum atomic E-state index is -0.116. The zero-order chi connectivity index (χ0) is 37.3. The molecule has 0 unspecified atom stereocenters. The Labute approximate surface area is 329 Å². The summed E-state index contributed by atoms with van der Waals surface area (Å²) in [6.07, 6.45) is 13.5. The van der Waals surface area contributed by atoms with Gasteiger partial charge in [0.1, 0.15) is 0 Å². The van der Waals surface area contributed by atoms with Gasteiger partial charge < -0.3 is 4.90 Å². The Morgan fingerprint density at radius 1 is 0.400 bits per heavy atom. The molecule has 6 aromatic carbocycles. The van der Waals surface area contributed by atoms with E-state index in [0.717, 1.165) is 0 Å². The second kappa shape index (κ2) is 13.4. The summed E-state index contributed by atoms with van der Waals surface area (Å²) in [6, 6.07) is 49.7. The highest BCUT2D eigenvalue weighted by Gasteiger charge is 2.39. The summed E-state index contributed by atoms with van der Waals surface area (Å²) in [7, 11) is 0. The van der Waals surface area contributed by atoms with Crippen molar-refractivity contribution >= 4 is 17.1 Å². The van der Waals surface area contributed by atoms with Crippen LogP contribution in [0.5, 0.6) is 0 Å². The molecule has 0 amide bonds. The second-order valence-corrected chi connectivity index (χ2v) is 18.2. The highest BCUT2D eigenvalue weighted by molar-refractivity contribution is 5.92. The molecule has 276 valence electrons. The predicted molar refractivity (Wildman–Crippen MR) is 233 cm³/mol. The van der Waals surface area contributed by atoms with Crippen molar-refractivity contribution in [1.29, 1.82) is 0 Å². The van der Waals surface area contributed by atoms with Gasteiger partial charge in [0.15, 0.2) is 0 Å². The third-order valence-corrected chi connectivity index (χ3v) is 14.3. The van der Waals surface area contributed by atoms with Gasteiger partial charge >= 0.3 is 0 Å². The Kier molecular flexibility index (Phi) is 8.43. The van der Waals surface area contributed by atoms with Crippen LogP contribution in [-0.2, 0) is 10.8 Å². The number of nitrogens with zero attached hydrogens (tertiary/aromatic N) is 1. The summed E-state index contributed by atoms with van der Waals surface area (Å²) in [4.78, 5) is 2.51. The van der Waals surface area contributed by atoms with Crippen LogP contribution >= 0.6 is 0 Å². The van der Waals surface area contributed by atoms with Crippen LogP contribution in [0.1, 0.15) is 137 Å². The summed E-state index contributed by atoms with van der Waals surface area (Å²) in [5.41, 5.74) is 20.4. The number of hydrogen-bond donors (Lipinski definition) is 0. The van der Waals surface area contributed by atoms with E-state index in [4.69, 9.17) is 0 Å². The van der Waals surface area contributed by atoms with E-state index in [2.05, 4.69) is 160 Å². The van der Waals surface area contributed by atoms with E-state index in [1.807, 2.05) is 0 Å². The van der Waals surface area contributed by atoms with Gasteiger partial charge in [0.2, 0.25) is 0 Å². The van der Waals surface area contributed by atoms with Crippen molar-refractivity contribution in [3.63, 3.8) is 0 Å². The quantitative estimate of drug-likeness (QED) is 0.166. The van der Waals surface area contributed by atoms with Gasteiger partial charge in [0.05, 0.1) is 0 Å². The van der Waals surface area contributed by atoms with Crippen LogP contribution in [0.3, 0.4) is 0 Å². The van der Waals surface area contributed by atoms with E-state index >= 15 is 0 Å². The molecule has 2 saturated carbocycles. The maximum Gasteiger partial charge on any atom is 0.0465 e. The minimum absolute atomic E-state index is 0.0553. The topological polar surface area (TPSA) is 3.24 Å². The Morgan fingerprint density at radius 2 is 0.927 bits per heavy atom. The van der Waals surface area contributed by atoms with Crippen LogP contribution < -0.4 is 4.90 Å². The molecule has 10 rings (SSSR count). The summed E-state index contributed by atoms with van der Waals surface area (Å²) in [5, 5.41) is 0. The van der Waals surface area contributed by atoms with Crippen molar-refractivity contribution < 1.29 is 0 Å². The number of anilines is 3. The van der Waals surface area contributed by atoms with Crippen molar-refractivity contribution in [3.8, 4) is 33.4 Å². The van der Waals surface area contributed by atoms with Gasteiger partial charge in [0.25, 0.3) is 0 Å². The van der Waals surface area contributed by atoms with Gasteiger partial charge in [0, 0.05) is 27.9 Å². The maximum absolute atomic E-state index is 2.51. The Hall–Kier alpha value is -4.88. The van der Waals surface area contributed by atoms with Crippen molar-refractivity contribution in [3.05, 3.63) is 161 Å². The van der Waals surface area contributed by atoms with Crippen molar-refractivity contribution in [2.45, 2.75) is 115 Å². The fraction of sp³-hybridized carbons (Fsp3) is 0.333. The fourth-order valence-electron chi connectivity index (χ4n) is 11.2. The molecule has 0 saturated heterocycles. The smallest absolute Gasteiger partial charge is 0.0465 e. The van der Waals surface area contributed by atoms with Crippen LogP contribution in [0, 0.1) is 0 Å². The monoisotopic (exact) mass is 717 g/mol. The van der Waals surface area contributed by atoms with Crippen molar-refractivity contribution in [2.24, 2.45) is 0 Å². The van der Waals surface area contributed by atoms with Gasteiger partial charge in [-0.3, -0.25) is 0 Å². The molecule has 0 atom stereocenters. The third-order valence-electron chi connectivity index (χ3n) is 14.3. The molecule has 4 aliphatic carbocycles. The van der Waals surface area contributed by atoms with Crippen molar-refractivity contribution in [2.75, 3.05) is 4.90 Å². The maximum atomic E-state index is 2.51. The first-order valence-electron chi connectivity index (χ1n) is 21.3. The molecule has 2 fully saturated rings. The molecule has 6 aromatic rings. The van der Waals surface area contributed by atoms with Gasteiger partial charge in [-0.2, -0.15) is 0 Å². The van der Waals surface area contributed by atoms with Crippen LogP contribution in [0.15, 0.2) is 127 Å². The normalized spacial score (nSPS) is 18.3. The Bertz CT molecular complexity index is 2320. The SMILES string of the molecule is CC1(C)c2ccc(-c3cccc4c3C(C)(C)c3ccccc3-4)cc2-c2ccc(N(c3ccc(C4CCCCC4)cc3)c3ccc(C4CCCCC4)cc3)cc21. The zero-order valence-electron chi connectivity index (χ0n) is 33.3. The lowest BCUT2D eigenvalue weighted by Gasteiger charge is -2.29. The first-order valence-corrected chi connectivity index (χ1v) is 21.3. The Morgan fingerprint density at radius 3 is 1.56 bits per heavy atom. The highest BCUT2D eigenvalue weighted by Crippen LogP contribution is 2.55. The fourth-order valence-corrected chi connectivity index (χ4v) is 11.2. The van der Waals surface area contributed by atoms with E-state index in [1.165, 1.54) is 148 Å². The van der Waals surface area contributed by atoms with Crippen LogP contribution in [0.25, 0.3) is 33.4 Å². The van der Waals surface area contributed by atoms with E-state index in [9.17, 15) is 0 Å². The van der Waals surface area contributed by atoms with Crippen LogP contribution in [0.2, 0.25) is 0 Å². The van der Waals surface area contributed by atoms with E-state index in [1.54, 1.807) is 0 Å². The summed E-state index contributed by atoms with van der Waals surface area (Å²) in [5.74, 6) is 1.40.